The van der Waals surface area contributed by atoms with Crippen LogP contribution in [0.5, 0.6) is 5.75 Å². The van der Waals surface area contributed by atoms with Crippen LogP contribution in [0.3, 0.4) is 0 Å². The number of esters is 1. The van der Waals surface area contributed by atoms with E-state index in [9.17, 15) is 4.79 Å². The third-order valence-corrected chi connectivity index (χ3v) is 14.7. The fourth-order valence-electron chi connectivity index (χ4n) is 4.70. The third kappa shape index (κ3) is 8.21. The van der Waals surface area contributed by atoms with Crippen molar-refractivity contribution in [3.8, 4) is 5.75 Å². The van der Waals surface area contributed by atoms with Gasteiger partial charge < -0.3 is 19.2 Å². The zero-order chi connectivity index (χ0) is 30.5. The minimum atomic E-state index is -1.94. The Labute approximate surface area is 249 Å². The number of rotatable bonds is 13. The molecule has 5 nitrogen and oxygen atoms in total. The molecule has 0 amide bonds. The van der Waals surface area contributed by atoms with Crippen LogP contribution in [-0.4, -0.2) is 40.7 Å². The highest BCUT2D eigenvalue weighted by molar-refractivity contribution is 7.12. The number of thiophene rings is 1. The van der Waals surface area contributed by atoms with E-state index in [1.54, 1.807) is 0 Å². The van der Waals surface area contributed by atoms with E-state index in [-0.39, 0.29) is 34.5 Å². The van der Waals surface area contributed by atoms with Crippen LogP contribution >= 0.6 is 11.3 Å². The molecule has 1 heterocycles. The Balaban J connectivity index is 2.29. The van der Waals surface area contributed by atoms with Gasteiger partial charge in [-0.15, -0.1) is 11.3 Å². The number of ether oxygens (including phenoxy) is 2. The molecule has 0 aliphatic rings. The van der Waals surface area contributed by atoms with Crippen molar-refractivity contribution in [1.82, 2.24) is 5.32 Å². The van der Waals surface area contributed by atoms with Crippen molar-refractivity contribution in [2.24, 2.45) is 5.41 Å². The van der Waals surface area contributed by atoms with Gasteiger partial charge in [0, 0.05) is 21.7 Å². The first-order valence-corrected chi connectivity index (χ1v) is 18.4. The van der Waals surface area contributed by atoms with Crippen molar-refractivity contribution in [3.63, 3.8) is 0 Å². The Kier molecular flexibility index (Phi) is 11.7. The molecule has 0 radical (unpaired) electrons. The molecular formula is C33H55NO4SSi. The van der Waals surface area contributed by atoms with Gasteiger partial charge in [-0.05, 0) is 79.1 Å². The second-order valence-electron chi connectivity index (χ2n) is 13.7. The van der Waals surface area contributed by atoms with Crippen LogP contribution in [0.25, 0.3) is 0 Å². The Morgan fingerprint density at radius 2 is 1.62 bits per heavy atom. The lowest BCUT2D eigenvalue weighted by Gasteiger charge is -2.43. The first-order valence-electron chi connectivity index (χ1n) is 14.7. The molecule has 226 valence electrons. The van der Waals surface area contributed by atoms with E-state index in [0.29, 0.717) is 13.2 Å². The quantitative estimate of drug-likeness (QED) is 0.187. The van der Waals surface area contributed by atoms with Crippen molar-refractivity contribution in [1.29, 1.82) is 0 Å². The van der Waals surface area contributed by atoms with E-state index in [2.05, 4.69) is 112 Å². The molecule has 1 N–H and O–H groups in total. The number of carbonyl (C=O) groups excluding carboxylic acids is 1. The molecule has 1 aromatic heterocycles. The van der Waals surface area contributed by atoms with E-state index < -0.39 is 8.32 Å². The number of aryl methyl sites for hydroxylation is 2. The summed E-state index contributed by atoms with van der Waals surface area (Å²) < 4.78 is 18.1. The molecule has 1 atom stereocenters. The molecule has 7 heteroatoms. The average molecular weight is 590 g/mol. The number of hydrogen-bond acceptors (Lipinski definition) is 6. The molecule has 0 bridgehead atoms. The summed E-state index contributed by atoms with van der Waals surface area (Å²) in [6.45, 7) is 28.5. The number of benzene rings is 1. The average Bonchev–Trinajstić information content (AvgIpc) is 3.22. The van der Waals surface area contributed by atoms with Gasteiger partial charge in [0.15, 0.2) is 8.32 Å². The van der Waals surface area contributed by atoms with Gasteiger partial charge in [0.2, 0.25) is 0 Å². The van der Waals surface area contributed by atoms with Crippen molar-refractivity contribution < 1.29 is 18.7 Å². The lowest BCUT2D eigenvalue weighted by atomic mass is 9.74. The highest BCUT2D eigenvalue weighted by atomic mass is 32.1. The lowest BCUT2D eigenvalue weighted by Crippen LogP contribution is -2.49. The summed E-state index contributed by atoms with van der Waals surface area (Å²) in [6, 6.07) is 9.04. The summed E-state index contributed by atoms with van der Waals surface area (Å²) in [5.41, 5.74) is 3.64. The molecule has 0 saturated heterocycles. The van der Waals surface area contributed by atoms with Gasteiger partial charge in [-0.3, -0.25) is 4.79 Å². The van der Waals surface area contributed by atoms with Gasteiger partial charge in [0.1, 0.15) is 12.4 Å². The summed E-state index contributed by atoms with van der Waals surface area (Å²) in [5, 5.41) is 3.37. The van der Waals surface area contributed by atoms with Crippen molar-refractivity contribution in [2.45, 2.75) is 118 Å². The van der Waals surface area contributed by atoms with Crippen LogP contribution in [0, 0.1) is 19.3 Å². The van der Waals surface area contributed by atoms with Crippen LogP contribution in [-0.2, 0) is 25.9 Å². The van der Waals surface area contributed by atoms with Crippen LogP contribution in [0.15, 0.2) is 24.3 Å². The fourth-order valence-corrected chi connectivity index (χ4v) is 7.68. The van der Waals surface area contributed by atoms with E-state index in [1.165, 1.54) is 28.0 Å². The summed E-state index contributed by atoms with van der Waals surface area (Å²) in [6.07, 6.45) is 2.02. The maximum absolute atomic E-state index is 11.5. The SMILES string of the molecule is CCC(CC)(c1ccc(OCC(O[Si](C)(C)C(C)(C)C)C(C)(C)C)c(C)c1)c1cc(C)c(CNCC(=O)OC)s1. The van der Waals surface area contributed by atoms with Gasteiger partial charge in [-0.25, -0.2) is 0 Å². The van der Waals surface area contributed by atoms with E-state index in [1.807, 2.05) is 11.3 Å². The monoisotopic (exact) mass is 589 g/mol. The Bertz CT molecular complexity index is 1120. The predicted molar refractivity (Wildman–Crippen MR) is 172 cm³/mol. The molecule has 2 aromatic rings. The summed E-state index contributed by atoms with van der Waals surface area (Å²) in [4.78, 5) is 14.2. The third-order valence-electron chi connectivity index (χ3n) is 8.81. The molecule has 0 aliphatic heterocycles. The Morgan fingerprint density at radius 3 is 2.12 bits per heavy atom. The molecule has 1 unspecified atom stereocenters. The zero-order valence-corrected chi connectivity index (χ0v) is 29.3. The molecule has 0 saturated carbocycles. The maximum Gasteiger partial charge on any atom is 0.319 e. The Hall–Kier alpha value is -1.67. The van der Waals surface area contributed by atoms with Crippen molar-refractivity contribution in [3.05, 3.63) is 50.7 Å². The summed E-state index contributed by atoms with van der Waals surface area (Å²) in [5.74, 6) is 0.678. The number of methoxy groups -OCH3 is 1. The molecule has 0 fully saturated rings. The van der Waals surface area contributed by atoms with E-state index >= 15 is 0 Å². The highest BCUT2D eigenvalue weighted by Crippen LogP contribution is 2.44. The van der Waals surface area contributed by atoms with Crippen LogP contribution in [0.4, 0.5) is 0 Å². The van der Waals surface area contributed by atoms with Gasteiger partial charge >= 0.3 is 5.97 Å². The standard InChI is InChI=1S/C33H55NO4SSi/c1-14-33(15-2,29-19-24(4)27(39-29)20-34-21-30(35)36-11)25-16-17-26(23(3)18-25)37-22-28(31(5,6)7)38-40(12,13)32(8,9)10/h16-19,28,34H,14-15,20-22H2,1-13H3. The minimum Gasteiger partial charge on any atom is -0.491 e. The largest absolute Gasteiger partial charge is 0.491 e. The first-order chi connectivity index (χ1) is 18.4. The van der Waals surface area contributed by atoms with Crippen LogP contribution in [0.1, 0.15) is 94.7 Å². The normalized spacial score (nSPS) is 13.8. The van der Waals surface area contributed by atoms with E-state index in [0.717, 1.165) is 24.2 Å². The summed E-state index contributed by atoms with van der Waals surface area (Å²) in [7, 11) is -0.520. The predicted octanol–water partition coefficient (Wildman–Crippen LogP) is 8.55. The van der Waals surface area contributed by atoms with Gasteiger partial charge in [-0.1, -0.05) is 67.5 Å². The second-order valence-corrected chi connectivity index (χ2v) is 19.6. The molecule has 40 heavy (non-hydrogen) atoms. The van der Waals surface area contributed by atoms with Gasteiger partial charge in [0.05, 0.1) is 19.8 Å². The number of nitrogens with one attached hydrogen (secondary N) is 1. The zero-order valence-electron chi connectivity index (χ0n) is 27.5. The fraction of sp³-hybridized carbons (Fsp3) is 0.667. The van der Waals surface area contributed by atoms with Crippen molar-refractivity contribution in [2.75, 3.05) is 20.3 Å². The van der Waals surface area contributed by atoms with E-state index in [4.69, 9.17) is 13.9 Å². The highest BCUT2D eigenvalue weighted by Gasteiger charge is 2.42. The molecule has 1 aromatic carbocycles. The topological polar surface area (TPSA) is 56.8 Å². The summed E-state index contributed by atoms with van der Waals surface area (Å²) >= 11 is 1.85. The molecule has 0 spiro atoms. The Morgan fingerprint density at radius 1 is 1.00 bits per heavy atom. The molecule has 2 rings (SSSR count). The van der Waals surface area contributed by atoms with Gasteiger partial charge in [-0.2, -0.15) is 0 Å². The molecule has 0 aliphatic carbocycles. The first kappa shape index (κ1) is 34.5. The molecular weight excluding hydrogens is 535 g/mol. The van der Waals surface area contributed by atoms with Crippen LogP contribution in [0.2, 0.25) is 18.1 Å². The van der Waals surface area contributed by atoms with Crippen LogP contribution < -0.4 is 10.1 Å². The lowest BCUT2D eigenvalue weighted by molar-refractivity contribution is -0.139. The second kappa shape index (κ2) is 13.5. The minimum absolute atomic E-state index is 0.0122. The smallest absolute Gasteiger partial charge is 0.319 e. The van der Waals surface area contributed by atoms with Crippen molar-refractivity contribution >= 4 is 25.6 Å². The maximum atomic E-state index is 11.5. The number of carbonyl (C=O) groups is 1. The number of hydrogen-bond donors (Lipinski definition) is 1. The van der Waals surface area contributed by atoms with Gasteiger partial charge in [0.25, 0.3) is 0 Å².